The number of urea groups is 1. The van der Waals surface area contributed by atoms with Crippen LogP contribution in [0.5, 0.6) is 11.5 Å². The van der Waals surface area contributed by atoms with E-state index in [-0.39, 0.29) is 5.75 Å². The van der Waals surface area contributed by atoms with Crippen LogP contribution in [0.25, 0.3) is 0 Å². The molecule has 1 fully saturated rings. The highest BCUT2D eigenvalue weighted by Gasteiger charge is 2.47. The summed E-state index contributed by atoms with van der Waals surface area (Å²) in [7, 11) is 1.44. The SMILES string of the molecule is COc1cc(/C=N\N2C(=O)N[C@](C)(CCc3ccccc3)C2=O)ccc1OC(C)=O. The Kier molecular flexibility index (Phi) is 6.15. The number of nitrogens with zero attached hydrogens (tertiary/aromatic N) is 2. The number of imide groups is 1. The van der Waals surface area contributed by atoms with Crippen LogP contribution in [0, 0.1) is 0 Å². The van der Waals surface area contributed by atoms with Crippen molar-refractivity contribution in [2.75, 3.05) is 7.11 Å². The molecule has 1 saturated heterocycles. The zero-order valence-electron chi connectivity index (χ0n) is 17.0. The fraction of sp³-hybridized carbons (Fsp3) is 0.273. The van der Waals surface area contributed by atoms with E-state index in [9.17, 15) is 14.4 Å². The summed E-state index contributed by atoms with van der Waals surface area (Å²) in [5, 5.41) is 7.62. The summed E-state index contributed by atoms with van der Waals surface area (Å²) in [6, 6.07) is 14.0. The molecule has 8 heteroatoms. The molecule has 0 unspecified atom stereocenters. The maximum absolute atomic E-state index is 12.8. The molecular formula is C22H23N3O5. The summed E-state index contributed by atoms with van der Waals surface area (Å²) in [5.41, 5.74) is 0.630. The first-order valence-electron chi connectivity index (χ1n) is 9.43. The van der Waals surface area contributed by atoms with Crippen molar-refractivity contribution in [2.45, 2.75) is 32.2 Å². The second kappa shape index (κ2) is 8.77. The molecule has 0 radical (unpaired) electrons. The molecule has 3 amide bonds. The number of amides is 3. The second-order valence-corrected chi connectivity index (χ2v) is 7.11. The molecule has 0 saturated carbocycles. The lowest BCUT2D eigenvalue weighted by molar-refractivity contribution is -0.132. The Hall–Kier alpha value is -3.68. The Morgan fingerprint density at radius 1 is 1.17 bits per heavy atom. The number of methoxy groups -OCH3 is 1. The van der Waals surface area contributed by atoms with Gasteiger partial charge in [-0.3, -0.25) is 9.59 Å². The Bertz CT molecular complexity index is 990. The predicted molar refractivity (Wildman–Crippen MR) is 110 cm³/mol. The van der Waals surface area contributed by atoms with Crippen LogP contribution >= 0.6 is 0 Å². The average molecular weight is 409 g/mol. The van der Waals surface area contributed by atoms with E-state index in [1.54, 1.807) is 25.1 Å². The van der Waals surface area contributed by atoms with Gasteiger partial charge in [0.15, 0.2) is 11.5 Å². The number of hydrazone groups is 1. The van der Waals surface area contributed by atoms with Gasteiger partial charge in [0.05, 0.1) is 13.3 Å². The van der Waals surface area contributed by atoms with Crippen LogP contribution in [-0.2, 0) is 16.0 Å². The van der Waals surface area contributed by atoms with E-state index >= 15 is 0 Å². The fourth-order valence-corrected chi connectivity index (χ4v) is 3.11. The van der Waals surface area contributed by atoms with E-state index in [2.05, 4.69) is 10.4 Å². The Morgan fingerprint density at radius 2 is 1.90 bits per heavy atom. The smallest absolute Gasteiger partial charge is 0.346 e. The lowest BCUT2D eigenvalue weighted by atomic mass is 9.93. The van der Waals surface area contributed by atoms with Gasteiger partial charge >= 0.3 is 12.0 Å². The molecular weight excluding hydrogens is 386 g/mol. The lowest BCUT2D eigenvalue weighted by Crippen LogP contribution is -2.44. The fourth-order valence-electron chi connectivity index (χ4n) is 3.11. The van der Waals surface area contributed by atoms with Gasteiger partial charge in [0, 0.05) is 6.92 Å². The van der Waals surface area contributed by atoms with E-state index in [0.29, 0.717) is 24.2 Å². The van der Waals surface area contributed by atoms with Crippen LogP contribution in [0.3, 0.4) is 0 Å². The standard InChI is InChI=1S/C22H23N3O5/c1-15(26)30-18-10-9-17(13-19(18)29-3)14-23-25-20(27)22(2,24-21(25)28)12-11-16-7-5-4-6-8-16/h4-10,13-14H,11-12H2,1-3H3,(H,24,28)/b23-14-/t22-/m1/s1. The highest BCUT2D eigenvalue weighted by molar-refractivity contribution is 6.07. The minimum atomic E-state index is -1.03. The normalized spacial score (nSPS) is 18.6. The molecule has 0 spiro atoms. The largest absolute Gasteiger partial charge is 0.493 e. The van der Waals surface area contributed by atoms with Gasteiger partial charge in [-0.15, -0.1) is 5.01 Å². The first-order chi connectivity index (χ1) is 14.3. The maximum Gasteiger partial charge on any atom is 0.346 e. The third-order valence-corrected chi connectivity index (χ3v) is 4.76. The van der Waals surface area contributed by atoms with Crippen molar-refractivity contribution >= 4 is 24.1 Å². The third-order valence-electron chi connectivity index (χ3n) is 4.76. The lowest BCUT2D eigenvalue weighted by Gasteiger charge is -2.20. The number of hydrogen-bond donors (Lipinski definition) is 1. The highest BCUT2D eigenvalue weighted by Crippen LogP contribution is 2.28. The van der Waals surface area contributed by atoms with Crippen LogP contribution in [0.1, 0.15) is 31.4 Å². The molecule has 1 aliphatic rings. The predicted octanol–water partition coefficient (Wildman–Crippen LogP) is 2.90. The summed E-state index contributed by atoms with van der Waals surface area (Å²) in [4.78, 5) is 36.3. The molecule has 0 aromatic heterocycles. The number of hydrogen-bond acceptors (Lipinski definition) is 6. The molecule has 1 N–H and O–H groups in total. The molecule has 156 valence electrons. The zero-order chi connectivity index (χ0) is 21.7. The van der Waals surface area contributed by atoms with Gasteiger partial charge in [-0.05, 0) is 49.1 Å². The number of benzene rings is 2. The summed E-state index contributed by atoms with van der Waals surface area (Å²) in [6.45, 7) is 2.99. The quantitative estimate of drug-likeness (QED) is 0.328. The minimum Gasteiger partial charge on any atom is -0.493 e. The molecule has 30 heavy (non-hydrogen) atoms. The van der Waals surface area contributed by atoms with Gasteiger partial charge < -0.3 is 14.8 Å². The Balaban J connectivity index is 1.72. The van der Waals surface area contributed by atoms with Gasteiger partial charge in [0.2, 0.25) is 0 Å². The van der Waals surface area contributed by atoms with Gasteiger partial charge in [-0.25, -0.2) is 4.79 Å². The molecule has 8 nitrogen and oxygen atoms in total. The summed E-state index contributed by atoms with van der Waals surface area (Å²) in [6.07, 6.45) is 2.48. The maximum atomic E-state index is 12.8. The molecule has 0 bridgehead atoms. The third kappa shape index (κ3) is 4.65. The van der Waals surface area contributed by atoms with E-state index in [4.69, 9.17) is 9.47 Å². The second-order valence-electron chi connectivity index (χ2n) is 7.11. The molecule has 0 aliphatic carbocycles. The van der Waals surface area contributed by atoms with Crippen molar-refractivity contribution in [3.8, 4) is 11.5 Å². The number of carbonyl (C=O) groups is 3. The molecule has 1 aliphatic heterocycles. The number of ether oxygens (including phenoxy) is 2. The van der Waals surface area contributed by atoms with Crippen molar-refractivity contribution in [1.29, 1.82) is 0 Å². The summed E-state index contributed by atoms with van der Waals surface area (Å²) >= 11 is 0. The van der Waals surface area contributed by atoms with E-state index in [1.165, 1.54) is 20.2 Å². The Labute approximate surface area is 174 Å². The number of nitrogens with one attached hydrogen (secondary N) is 1. The average Bonchev–Trinajstić information content (AvgIpc) is 2.94. The number of esters is 1. The van der Waals surface area contributed by atoms with Crippen molar-refractivity contribution in [1.82, 2.24) is 10.3 Å². The van der Waals surface area contributed by atoms with Crippen LogP contribution < -0.4 is 14.8 Å². The number of aryl methyl sites for hydroxylation is 1. The molecule has 1 heterocycles. The van der Waals surface area contributed by atoms with Crippen LogP contribution in [0.4, 0.5) is 4.79 Å². The van der Waals surface area contributed by atoms with Crippen molar-refractivity contribution in [2.24, 2.45) is 5.10 Å². The first kappa shape index (κ1) is 21.0. The first-order valence-corrected chi connectivity index (χ1v) is 9.43. The summed E-state index contributed by atoms with van der Waals surface area (Å²) < 4.78 is 10.3. The molecule has 2 aromatic rings. The molecule has 3 rings (SSSR count). The van der Waals surface area contributed by atoms with Crippen molar-refractivity contribution in [3.05, 3.63) is 59.7 Å². The number of rotatable bonds is 7. The van der Waals surface area contributed by atoms with Gasteiger partial charge in [-0.1, -0.05) is 30.3 Å². The number of carbonyl (C=O) groups excluding carboxylic acids is 3. The Morgan fingerprint density at radius 3 is 2.57 bits per heavy atom. The monoisotopic (exact) mass is 409 g/mol. The highest BCUT2D eigenvalue weighted by atomic mass is 16.6. The topological polar surface area (TPSA) is 97.3 Å². The van der Waals surface area contributed by atoms with E-state index in [0.717, 1.165) is 10.6 Å². The molecule has 1 atom stereocenters. The van der Waals surface area contributed by atoms with Crippen LogP contribution in [-0.4, -0.2) is 41.8 Å². The van der Waals surface area contributed by atoms with E-state index in [1.807, 2.05) is 30.3 Å². The van der Waals surface area contributed by atoms with Gasteiger partial charge in [0.25, 0.3) is 5.91 Å². The minimum absolute atomic E-state index is 0.269. The van der Waals surface area contributed by atoms with Gasteiger partial charge in [-0.2, -0.15) is 5.10 Å². The van der Waals surface area contributed by atoms with Crippen molar-refractivity contribution in [3.63, 3.8) is 0 Å². The van der Waals surface area contributed by atoms with Crippen LogP contribution in [0.15, 0.2) is 53.6 Å². The van der Waals surface area contributed by atoms with Crippen LogP contribution in [0.2, 0.25) is 0 Å². The van der Waals surface area contributed by atoms with E-state index < -0.39 is 23.4 Å². The summed E-state index contributed by atoms with van der Waals surface area (Å²) in [5.74, 6) is -0.281. The van der Waals surface area contributed by atoms with Gasteiger partial charge in [0.1, 0.15) is 5.54 Å². The van der Waals surface area contributed by atoms with Crippen molar-refractivity contribution < 1.29 is 23.9 Å². The molecule has 2 aromatic carbocycles. The zero-order valence-corrected chi connectivity index (χ0v) is 17.0.